The molecule has 3 atom stereocenters. The molecule has 46 heavy (non-hydrogen) atoms. The van der Waals surface area contributed by atoms with Crippen LogP contribution in [-0.2, 0) is 18.4 Å². The summed E-state index contributed by atoms with van der Waals surface area (Å²) in [6.07, 6.45) is 34.6. The summed E-state index contributed by atoms with van der Waals surface area (Å²) in [5, 5.41) is 13.4. The van der Waals surface area contributed by atoms with Crippen LogP contribution in [0.1, 0.15) is 142 Å². The standard InChI is InChI=1S/C37H71N2O6P/c1-6-8-10-11-12-13-14-15-16-17-18-19-20-21-22-23-24-25-26-27-28-29-30-36(40)35(38-37(41)31-9-7-2)34-45-46(42,43)44-33-32-39(3,4)5/h21-22,25-26,29-30,35-36,40H,6-20,23-24,27-28,31-34H2,1-5H3,(H-,38,41,42,43)/b22-21+,26-25+,30-29+. The maximum Gasteiger partial charge on any atom is 0.268 e. The number of nitrogens with one attached hydrogen (secondary N) is 1. The third-order valence-corrected chi connectivity index (χ3v) is 8.79. The maximum absolute atomic E-state index is 12.3. The fourth-order valence-electron chi connectivity index (χ4n) is 4.81. The summed E-state index contributed by atoms with van der Waals surface area (Å²) < 4.78 is 22.7. The summed E-state index contributed by atoms with van der Waals surface area (Å²) in [5.74, 6) is -0.249. The van der Waals surface area contributed by atoms with E-state index in [1.54, 1.807) is 6.08 Å². The average molecular weight is 671 g/mol. The van der Waals surface area contributed by atoms with Crippen LogP contribution >= 0.6 is 7.82 Å². The van der Waals surface area contributed by atoms with E-state index in [1.807, 2.05) is 34.1 Å². The average Bonchev–Trinajstić information content (AvgIpc) is 2.99. The lowest BCUT2D eigenvalue weighted by atomic mass is 10.0. The van der Waals surface area contributed by atoms with Crippen LogP contribution in [0.15, 0.2) is 36.5 Å². The summed E-state index contributed by atoms with van der Waals surface area (Å²) in [6, 6.07) is -0.901. The molecule has 1 amide bonds. The number of phosphoric acid groups is 1. The molecular formula is C37H71N2O6P. The zero-order chi connectivity index (χ0) is 34.4. The van der Waals surface area contributed by atoms with Crippen molar-refractivity contribution in [2.24, 2.45) is 0 Å². The minimum Gasteiger partial charge on any atom is -0.756 e. The molecule has 0 fully saturated rings. The molecule has 0 radical (unpaired) electrons. The van der Waals surface area contributed by atoms with Gasteiger partial charge in [-0.25, -0.2) is 0 Å². The van der Waals surface area contributed by atoms with Crippen LogP contribution in [0.4, 0.5) is 0 Å². The second-order valence-corrected chi connectivity index (χ2v) is 15.0. The first-order valence-electron chi connectivity index (χ1n) is 18.4. The minimum atomic E-state index is -4.57. The molecule has 0 saturated heterocycles. The number of phosphoric ester groups is 1. The lowest BCUT2D eigenvalue weighted by Gasteiger charge is -2.29. The van der Waals surface area contributed by atoms with Gasteiger partial charge in [-0.15, -0.1) is 0 Å². The molecular weight excluding hydrogens is 599 g/mol. The monoisotopic (exact) mass is 671 g/mol. The van der Waals surface area contributed by atoms with Crippen molar-refractivity contribution in [3.8, 4) is 0 Å². The van der Waals surface area contributed by atoms with Crippen molar-refractivity contribution in [1.82, 2.24) is 5.32 Å². The van der Waals surface area contributed by atoms with Crippen LogP contribution in [0, 0.1) is 0 Å². The molecule has 8 nitrogen and oxygen atoms in total. The fourth-order valence-corrected chi connectivity index (χ4v) is 5.53. The summed E-state index contributed by atoms with van der Waals surface area (Å²) in [7, 11) is 1.22. The number of aliphatic hydroxyl groups excluding tert-OH is 1. The highest BCUT2D eigenvalue weighted by Gasteiger charge is 2.23. The Morgan fingerprint density at radius 3 is 1.74 bits per heavy atom. The van der Waals surface area contributed by atoms with Crippen molar-refractivity contribution < 1.29 is 32.9 Å². The van der Waals surface area contributed by atoms with Gasteiger partial charge < -0.3 is 28.8 Å². The second-order valence-electron chi connectivity index (χ2n) is 13.6. The van der Waals surface area contributed by atoms with Crippen LogP contribution in [0.5, 0.6) is 0 Å². The van der Waals surface area contributed by atoms with Crippen LogP contribution < -0.4 is 10.2 Å². The number of unbranched alkanes of at least 4 members (excludes halogenated alkanes) is 15. The number of likely N-dealkylation sites (N-methyl/N-ethyl adjacent to an activating group) is 1. The zero-order valence-corrected chi connectivity index (χ0v) is 31.2. The molecule has 0 aromatic heterocycles. The number of carbonyl (C=O) groups is 1. The molecule has 3 unspecified atom stereocenters. The number of nitrogens with zero attached hydrogens (tertiary/aromatic N) is 1. The topological polar surface area (TPSA) is 108 Å². The number of amides is 1. The van der Waals surface area contributed by atoms with Crippen molar-refractivity contribution in [2.45, 2.75) is 154 Å². The predicted octanol–water partition coefficient (Wildman–Crippen LogP) is 8.55. The van der Waals surface area contributed by atoms with Crippen LogP contribution in [0.2, 0.25) is 0 Å². The van der Waals surface area contributed by atoms with Gasteiger partial charge >= 0.3 is 0 Å². The van der Waals surface area contributed by atoms with Crippen molar-refractivity contribution in [3.63, 3.8) is 0 Å². The van der Waals surface area contributed by atoms with Gasteiger partial charge in [0, 0.05) is 6.42 Å². The van der Waals surface area contributed by atoms with Gasteiger partial charge in [-0.05, 0) is 44.9 Å². The van der Waals surface area contributed by atoms with Crippen molar-refractivity contribution in [3.05, 3.63) is 36.5 Å². The Kier molecular flexibility index (Phi) is 29.0. The number of allylic oxidation sites excluding steroid dienone is 5. The number of carbonyl (C=O) groups excluding carboxylic acids is 1. The molecule has 270 valence electrons. The number of hydrogen-bond donors (Lipinski definition) is 2. The smallest absolute Gasteiger partial charge is 0.268 e. The number of aliphatic hydroxyl groups is 1. The number of hydrogen-bond acceptors (Lipinski definition) is 6. The van der Waals surface area contributed by atoms with E-state index >= 15 is 0 Å². The maximum atomic E-state index is 12.3. The summed E-state index contributed by atoms with van der Waals surface area (Å²) >= 11 is 0. The van der Waals surface area contributed by atoms with E-state index in [4.69, 9.17) is 9.05 Å². The van der Waals surface area contributed by atoms with Gasteiger partial charge in [0.05, 0.1) is 39.9 Å². The van der Waals surface area contributed by atoms with Gasteiger partial charge in [0.2, 0.25) is 5.91 Å². The third kappa shape index (κ3) is 31.3. The van der Waals surface area contributed by atoms with E-state index in [9.17, 15) is 19.4 Å². The molecule has 0 spiro atoms. The van der Waals surface area contributed by atoms with Crippen molar-refractivity contribution >= 4 is 13.7 Å². The molecule has 0 aliphatic carbocycles. The molecule has 0 aliphatic heterocycles. The summed E-state index contributed by atoms with van der Waals surface area (Å²) in [4.78, 5) is 24.5. The van der Waals surface area contributed by atoms with Crippen molar-refractivity contribution in [2.75, 3.05) is 40.9 Å². The lowest BCUT2D eigenvalue weighted by Crippen LogP contribution is -2.45. The van der Waals surface area contributed by atoms with Crippen LogP contribution in [0.3, 0.4) is 0 Å². The lowest BCUT2D eigenvalue weighted by molar-refractivity contribution is -0.870. The Morgan fingerprint density at radius 1 is 0.739 bits per heavy atom. The SMILES string of the molecule is CCCCCCCCCCCCCC/C=C/CC/C=C/CC/C=C/C(O)C(COP(=O)([O-])OCC[N+](C)(C)C)NC(=O)CCCC. The predicted molar refractivity (Wildman–Crippen MR) is 191 cm³/mol. The Morgan fingerprint density at radius 2 is 1.22 bits per heavy atom. The first kappa shape index (κ1) is 44.7. The molecule has 0 heterocycles. The molecule has 0 rings (SSSR count). The van der Waals surface area contributed by atoms with Crippen molar-refractivity contribution in [1.29, 1.82) is 0 Å². The number of rotatable bonds is 32. The van der Waals surface area contributed by atoms with E-state index < -0.39 is 26.6 Å². The quantitative estimate of drug-likeness (QED) is 0.0321. The molecule has 0 saturated carbocycles. The molecule has 0 aliphatic rings. The zero-order valence-electron chi connectivity index (χ0n) is 30.3. The summed E-state index contributed by atoms with van der Waals surface area (Å²) in [6.45, 7) is 4.34. The van der Waals surface area contributed by atoms with Gasteiger partial charge in [-0.3, -0.25) is 9.36 Å². The molecule has 2 N–H and O–H groups in total. The van der Waals surface area contributed by atoms with Gasteiger partial charge in [0.25, 0.3) is 7.82 Å². The highest BCUT2D eigenvalue weighted by molar-refractivity contribution is 7.45. The number of quaternary nitrogens is 1. The third-order valence-electron chi connectivity index (χ3n) is 7.83. The normalized spacial score (nSPS) is 15.2. The molecule has 9 heteroatoms. The van der Waals surface area contributed by atoms with Gasteiger partial charge in [0.1, 0.15) is 13.2 Å². The Bertz CT molecular complexity index is 855. The van der Waals surface area contributed by atoms with Gasteiger partial charge in [-0.2, -0.15) is 0 Å². The van der Waals surface area contributed by atoms with E-state index in [0.717, 1.165) is 32.1 Å². The highest BCUT2D eigenvalue weighted by atomic mass is 31.2. The van der Waals surface area contributed by atoms with E-state index in [2.05, 4.69) is 36.5 Å². The highest BCUT2D eigenvalue weighted by Crippen LogP contribution is 2.38. The largest absolute Gasteiger partial charge is 0.756 e. The van der Waals surface area contributed by atoms with Crippen LogP contribution in [0.25, 0.3) is 0 Å². The Balaban J connectivity index is 4.19. The molecule has 0 aromatic carbocycles. The van der Waals surface area contributed by atoms with Crippen LogP contribution in [-0.4, -0.2) is 68.5 Å². The van der Waals surface area contributed by atoms with Gasteiger partial charge in [-0.1, -0.05) is 127 Å². The minimum absolute atomic E-state index is 0.0104. The second kappa shape index (κ2) is 29.8. The first-order chi connectivity index (χ1) is 22.0. The fraction of sp³-hybridized carbons (Fsp3) is 0.811. The molecule has 0 bridgehead atoms. The summed E-state index contributed by atoms with van der Waals surface area (Å²) in [5.41, 5.74) is 0. The molecule has 0 aromatic rings. The Labute approximate surface area is 283 Å². The van der Waals surface area contributed by atoms with Gasteiger partial charge in [0.15, 0.2) is 0 Å². The van der Waals surface area contributed by atoms with E-state index in [1.165, 1.54) is 83.5 Å². The van der Waals surface area contributed by atoms with E-state index in [0.29, 0.717) is 23.9 Å². The Hall–Kier alpha value is -1.28. The first-order valence-corrected chi connectivity index (χ1v) is 19.8. The van der Waals surface area contributed by atoms with E-state index in [-0.39, 0.29) is 12.5 Å².